The Balaban J connectivity index is 2.31. The van der Waals surface area contributed by atoms with Crippen LogP contribution in [-0.4, -0.2) is 115 Å². The maximum atomic E-state index is 13.5. The first kappa shape index (κ1) is 41.0. The van der Waals surface area contributed by atoms with Crippen LogP contribution in [0.3, 0.4) is 0 Å². The lowest BCUT2D eigenvalue weighted by Crippen LogP contribution is -2.61. The quantitative estimate of drug-likeness (QED) is 0.139. The highest BCUT2D eigenvalue weighted by Crippen LogP contribution is 2.43. The molecule has 0 bridgehead atoms. The van der Waals surface area contributed by atoms with Crippen LogP contribution in [-0.2, 0) is 85.7 Å². The van der Waals surface area contributed by atoms with E-state index in [1.807, 2.05) is 0 Å². The summed E-state index contributed by atoms with van der Waals surface area (Å²) in [4.78, 5) is 97.2. The van der Waals surface area contributed by atoms with Gasteiger partial charge in [-0.3, -0.25) is 43.0 Å². The highest BCUT2D eigenvalue weighted by Gasteiger charge is 2.60. The Morgan fingerprint density at radius 2 is 0.846 bits per heavy atom. The molecule has 2 aliphatic heterocycles. The van der Waals surface area contributed by atoms with Crippen LogP contribution in [0.15, 0.2) is 4.63 Å². The van der Waals surface area contributed by atoms with E-state index >= 15 is 0 Å². The number of carbonyl (C=O) groups excluding carboxylic acids is 8. The minimum absolute atomic E-state index is 0.218. The number of ether oxygens (including phenoxy) is 10. The predicted octanol–water partition coefficient (Wildman–Crippen LogP) is -1.10. The summed E-state index contributed by atoms with van der Waals surface area (Å²) in [5.74, 6) is -7.34. The molecule has 10 atom stereocenters. The predicted molar refractivity (Wildman–Crippen MR) is 157 cm³/mol. The van der Waals surface area contributed by atoms with Crippen molar-refractivity contribution in [3.8, 4) is 0 Å². The van der Waals surface area contributed by atoms with Crippen molar-refractivity contribution < 1.29 is 95.3 Å². The van der Waals surface area contributed by atoms with Crippen LogP contribution in [0, 0.1) is 5.21 Å². The van der Waals surface area contributed by atoms with Gasteiger partial charge in [0, 0.05) is 60.5 Å². The summed E-state index contributed by atoms with van der Waals surface area (Å²) in [7, 11) is 0. The highest BCUT2D eigenvalue weighted by atomic mass is 16.8. The normalized spacial score (nSPS) is 28.3. The van der Waals surface area contributed by atoms with Gasteiger partial charge in [-0.05, 0) is 4.90 Å². The largest absolute Gasteiger partial charge is 0.463 e. The van der Waals surface area contributed by atoms with Crippen LogP contribution in [0.2, 0.25) is 0 Å². The molecule has 0 spiro atoms. The summed E-state index contributed by atoms with van der Waals surface area (Å²) >= 11 is 0. The first-order valence-electron chi connectivity index (χ1n) is 15.5. The first-order chi connectivity index (χ1) is 24.3. The molecular weight excluding hydrogens is 708 g/mol. The number of hydrogen-bond donors (Lipinski definition) is 0. The van der Waals surface area contributed by atoms with Crippen molar-refractivity contribution in [2.75, 3.05) is 13.2 Å². The molecule has 1 aromatic heterocycles. The Morgan fingerprint density at radius 3 is 1.21 bits per heavy atom. The van der Waals surface area contributed by atoms with Gasteiger partial charge in [-0.2, -0.15) is 0 Å². The zero-order valence-electron chi connectivity index (χ0n) is 29.2. The fraction of sp³-hybridized carbons (Fsp3) is 0.667. The third kappa shape index (κ3) is 10.6. The molecule has 0 aromatic carbocycles. The van der Waals surface area contributed by atoms with Gasteiger partial charge in [0.2, 0.25) is 5.69 Å². The standard InChI is InChI=1S/C30H38N2O20/c1-11(33)42-9-19-23(44-13(3)35)27(46-15(5)37)29(48-17(7)39)25(50-19)21-22(32(41)52-31-21)26-30(49-18(8)40)28(47-16(6)38)24(45-14(4)36)20(51-26)10-43-12(2)34/h19-20,23-30H,9-10H2,1-8H3/t19-,20-,23-,24-,25+,26+,27+,28+,29-,30-/m1/s1. The zero-order chi connectivity index (χ0) is 39.0. The second-order valence-corrected chi connectivity index (χ2v) is 11.4. The Bertz CT molecular complexity index is 1540. The van der Waals surface area contributed by atoms with Crippen LogP contribution in [0.4, 0.5) is 0 Å². The van der Waals surface area contributed by atoms with Crippen molar-refractivity contribution in [3.63, 3.8) is 0 Å². The number of carbonyl (C=O) groups is 8. The van der Waals surface area contributed by atoms with Crippen LogP contribution in [0.1, 0.15) is 79.0 Å². The molecule has 0 aliphatic carbocycles. The van der Waals surface area contributed by atoms with Gasteiger partial charge in [0.25, 0.3) is 5.69 Å². The molecule has 52 heavy (non-hydrogen) atoms. The highest BCUT2D eigenvalue weighted by molar-refractivity contribution is 5.70. The summed E-state index contributed by atoms with van der Waals surface area (Å²) < 4.78 is 59.8. The molecule has 2 aliphatic rings. The van der Waals surface area contributed by atoms with E-state index in [1.54, 1.807) is 0 Å². The second kappa shape index (κ2) is 17.7. The average molecular weight is 747 g/mol. The van der Waals surface area contributed by atoms with E-state index in [0.717, 1.165) is 55.4 Å². The number of hydrogen-bond acceptors (Lipinski definition) is 21. The Hall–Kier alpha value is -5.38. The summed E-state index contributed by atoms with van der Waals surface area (Å²) in [6.45, 7) is 6.76. The van der Waals surface area contributed by atoms with Crippen molar-refractivity contribution >= 4 is 47.8 Å². The fourth-order valence-electron chi connectivity index (χ4n) is 5.61. The lowest BCUT2D eigenvalue weighted by atomic mass is 9.88. The van der Waals surface area contributed by atoms with Crippen molar-refractivity contribution in [2.24, 2.45) is 0 Å². The maximum Gasteiger partial charge on any atom is 0.303 e. The SMILES string of the molecule is CC(=O)OC[C@H]1O[C@@H](c2no[n+]([O-])c2[C@@H]2O[C@H](COC(C)=O)[C@@H](OC(C)=O)[C@H](OC(C)=O)[C@@H]2OC(C)=O)[C@@H](OC(C)=O)[C@@H](OC(C)=O)[C@@H]1OC(C)=O. The van der Waals surface area contributed by atoms with Gasteiger partial charge >= 0.3 is 47.8 Å². The molecular formula is C30H38N2O20. The van der Waals surface area contributed by atoms with Gasteiger partial charge in [-0.15, -0.1) is 0 Å². The first-order valence-corrected chi connectivity index (χ1v) is 15.5. The summed E-state index contributed by atoms with van der Waals surface area (Å²) in [5, 5.41) is 17.2. The van der Waals surface area contributed by atoms with E-state index in [9.17, 15) is 43.6 Å². The smallest absolute Gasteiger partial charge is 0.303 e. The third-order valence-electron chi connectivity index (χ3n) is 7.19. The monoisotopic (exact) mass is 746 g/mol. The van der Waals surface area contributed by atoms with Crippen molar-refractivity contribution in [2.45, 2.75) is 116 Å². The van der Waals surface area contributed by atoms with E-state index < -0.39 is 133 Å². The minimum Gasteiger partial charge on any atom is -0.463 e. The maximum absolute atomic E-state index is 13.5. The van der Waals surface area contributed by atoms with Gasteiger partial charge in [-0.25, -0.2) is 0 Å². The van der Waals surface area contributed by atoms with Gasteiger partial charge in [0.15, 0.2) is 48.8 Å². The molecule has 22 nitrogen and oxygen atoms in total. The molecule has 0 unspecified atom stereocenters. The second-order valence-electron chi connectivity index (χ2n) is 11.4. The summed E-state index contributed by atoms with van der Waals surface area (Å²) in [5.41, 5.74) is -1.24. The molecule has 0 saturated carbocycles. The van der Waals surface area contributed by atoms with E-state index in [-0.39, 0.29) is 4.90 Å². The number of nitrogens with zero attached hydrogens (tertiary/aromatic N) is 2. The molecule has 0 N–H and O–H groups in total. The Morgan fingerprint density at radius 1 is 0.519 bits per heavy atom. The van der Waals surface area contributed by atoms with E-state index in [4.69, 9.17) is 52.0 Å². The van der Waals surface area contributed by atoms with Gasteiger partial charge in [-0.1, -0.05) is 0 Å². The fourth-order valence-corrected chi connectivity index (χ4v) is 5.61. The Kier molecular flexibility index (Phi) is 14.0. The molecule has 3 heterocycles. The zero-order valence-corrected chi connectivity index (χ0v) is 29.2. The van der Waals surface area contributed by atoms with Crippen LogP contribution in [0.5, 0.6) is 0 Å². The number of rotatable bonds is 12. The molecule has 2 fully saturated rings. The molecule has 2 saturated heterocycles. The molecule has 1 aromatic rings. The molecule has 22 heteroatoms. The van der Waals surface area contributed by atoms with Crippen LogP contribution in [0.25, 0.3) is 0 Å². The topological polar surface area (TPSA) is 282 Å². The van der Waals surface area contributed by atoms with E-state index in [1.165, 1.54) is 0 Å². The molecule has 0 radical (unpaired) electrons. The average Bonchev–Trinajstić information content (AvgIpc) is 3.38. The van der Waals surface area contributed by atoms with E-state index in [2.05, 4.69) is 5.16 Å². The number of esters is 8. The van der Waals surface area contributed by atoms with Gasteiger partial charge in [0.05, 0.1) is 0 Å². The third-order valence-corrected chi connectivity index (χ3v) is 7.19. The van der Waals surface area contributed by atoms with E-state index in [0.29, 0.717) is 0 Å². The summed E-state index contributed by atoms with van der Waals surface area (Å²) in [6.07, 6.45) is -16.9. The minimum atomic E-state index is -1.88. The lowest BCUT2D eigenvalue weighted by Gasteiger charge is -2.44. The van der Waals surface area contributed by atoms with Crippen molar-refractivity contribution in [3.05, 3.63) is 16.6 Å². The summed E-state index contributed by atoms with van der Waals surface area (Å²) in [6, 6.07) is 0. The molecule has 288 valence electrons. The van der Waals surface area contributed by atoms with Crippen LogP contribution < -0.4 is 4.90 Å². The Labute approximate surface area is 294 Å². The van der Waals surface area contributed by atoms with Crippen LogP contribution >= 0.6 is 0 Å². The van der Waals surface area contributed by atoms with Gasteiger partial charge < -0.3 is 52.6 Å². The lowest BCUT2D eigenvalue weighted by molar-refractivity contribution is -0.811. The molecule has 3 rings (SSSR count). The number of aromatic nitrogens is 2. The molecule has 0 amide bonds. The van der Waals surface area contributed by atoms with Crippen molar-refractivity contribution in [1.29, 1.82) is 0 Å². The van der Waals surface area contributed by atoms with Crippen molar-refractivity contribution in [1.82, 2.24) is 5.16 Å². The van der Waals surface area contributed by atoms with Gasteiger partial charge in [0.1, 0.15) is 25.4 Å².